The molecule has 1 N–H and O–H groups in total. The average molecular weight is 294 g/mol. The maximum absolute atomic E-state index is 11.2. The van der Waals surface area contributed by atoms with Gasteiger partial charge in [0.05, 0.1) is 25.2 Å². The number of rotatable bonds is 6. The topological polar surface area (TPSA) is 73.6 Å². The highest BCUT2D eigenvalue weighted by Gasteiger charge is 2.29. The number of methoxy groups -OCH3 is 2. The van der Waals surface area contributed by atoms with E-state index in [0.717, 1.165) is 19.4 Å². The molecule has 0 unspecified atom stereocenters. The molecule has 1 saturated carbocycles. The van der Waals surface area contributed by atoms with Gasteiger partial charge in [-0.25, -0.2) is 0 Å². The summed E-state index contributed by atoms with van der Waals surface area (Å²) in [5.74, 6) is 0.851. The molecule has 6 heteroatoms. The Bertz CT molecular complexity index is 525. The zero-order chi connectivity index (χ0) is 15.5. The average Bonchev–Trinajstić information content (AvgIpc) is 2.91. The fraction of sp³-hybridized carbons (Fsp3) is 0.600. The Morgan fingerprint density at radius 2 is 1.81 bits per heavy atom. The Kier molecular flexibility index (Phi) is 4.55. The van der Waals surface area contributed by atoms with Crippen LogP contribution in [0.3, 0.4) is 0 Å². The number of nitro benzene ring substituents is 1. The Hall–Kier alpha value is -1.98. The molecule has 1 fully saturated rings. The van der Waals surface area contributed by atoms with Gasteiger partial charge in [-0.2, -0.15) is 0 Å². The van der Waals surface area contributed by atoms with E-state index >= 15 is 0 Å². The van der Waals surface area contributed by atoms with Crippen molar-refractivity contribution < 1.29 is 14.4 Å². The van der Waals surface area contributed by atoms with Gasteiger partial charge in [-0.1, -0.05) is 19.8 Å². The molecule has 116 valence electrons. The highest BCUT2D eigenvalue weighted by atomic mass is 16.6. The molecule has 0 bridgehead atoms. The number of anilines is 1. The van der Waals surface area contributed by atoms with Gasteiger partial charge in [-0.15, -0.1) is 0 Å². The molecule has 0 aromatic heterocycles. The maximum atomic E-state index is 11.2. The third-order valence-corrected chi connectivity index (χ3v) is 4.21. The number of nitro groups is 1. The van der Waals surface area contributed by atoms with Crippen molar-refractivity contribution in [2.75, 3.05) is 26.1 Å². The molecule has 0 saturated heterocycles. The van der Waals surface area contributed by atoms with Crippen molar-refractivity contribution in [2.45, 2.75) is 32.6 Å². The predicted molar refractivity (Wildman–Crippen MR) is 81.3 cm³/mol. The predicted octanol–water partition coefficient (Wildman–Crippen LogP) is 3.60. The summed E-state index contributed by atoms with van der Waals surface area (Å²) < 4.78 is 10.3. The van der Waals surface area contributed by atoms with Crippen LogP contribution in [0, 0.1) is 15.5 Å². The van der Waals surface area contributed by atoms with Gasteiger partial charge >= 0.3 is 0 Å². The molecular formula is C15H22N2O4. The molecule has 1 aromatic rings. The summed E-state index contributed by atoms with van der Waals surface area (Å²) in [4.78, 5) is 10.8. The summed E-state index contributed by atoms with van der Waals surface area (Å²) in [6.07, 6.45) is 4.76. The van der Waals surface area contributed by atoms with Crippen molar-refractivity contribution in [1.82, 2.24) is 0 Å². The van der Waals surface area contributed by atoms with Crippen molar-refractivity contribution in [3.8, 4) is 11.5 Å². The van der Waals surface area contributed by atoms with Crippen LogP contribution < -0.4 is 14.8 Å². The highest BCUT2D eigenvalue weighted by Crippen LogP contribution is 2.41. The molecular weight excluding hydrogens is 272 g/mol. The number of benzene rings is 1. The number of hydrogen-bond acceptors (Lipinski definition) is 5. The monoisotopic (exact) mass is 294 g/mol. The SMILES string of the molecule is COc1cc(NCC2(C)CCCC2)c([N+](=O)[O-])cc1OC. The third-order valence-electron chi connectivity index (χ3n) is 4.21. The van der Waals surface area contributed by atoms with E-state index in [0.29, 0.717) is 17.2 Å². The molecule has 0 aliphatic heterocycles. The van der Waals surface area contributed by atoms with Crippen LogP contribution in [0.15, 0.2) is 12.1 Å². The van der Waals surface area contributed by atoms with E-state index in [9.17, 15) is 10.1 Å². The lowest BCUT2D eigenvalue weighted by atomic mass is 9.89. The minimum Gasteiger partial charge on any atom is -0.493 e. The van der Waals surface area contributed by atoms with E-state index in [2.05, 4.69) is 12.2 Å². The zero-order valence-electron chi connectivity index (χ0n) is 12.8. The number of nitrogens with zero attached hydrogens (tertiary/aromatic N) is 1. The molecule has 1 aliphatic carbocycles. The zero-order valence-corrected chi connectivity index (χ0v) is 12.8. The van der Waals surface area contributed by atoms with Crippen molar-refractivity contribution in [1.29, 1.82) is 0 Å². The molecule has 6 nitrogen and oxygen atoms in total. The van der Waals surface area contributed by atoms with Gasteiger partial charge in [0.1, 0.15) is 5.69 Å². The summed E-state index contributed by atoms with van der Waals surface area (Å²) in [7, 11) is 2.99. The first-order valence-corrected chi connectivity index (χ1v) is 7.13. The number of hydrogen-bond donors (Lipinski definition) is 1. The molecule has 21 heavy (non-hydrogen) atoms. The Balaban J connectivity index is 2.25. The summed E-state index contributed by atoms with van der Waals surface area (Å²) in [5.41, 5.74) is 0.695. The second-order valence-electron chi connectivity index (χ2n) is 5.85. The Morgan fingerprint density at radius 3 is 2.33 bits per heavy atom. The largest absolute Gasteiger partial charge is 0.493 e. The van der Waals surface area contributed by atoms with Crippen LogP contribution in [0.4, 0.5) is 11.4 Å². The summed E-state index contributed by atoms with van der Waals surface area (Å²) in [6, 6.07) is 3.04. The number of ether oxygens (including phenoxy) is 2. The first kappa shape index (κ1) is 15.4. The quantitative estimate of drug-likeness (QED) is 0.641. The van der Waals surface area contributed by atoms with Gasteiger partial charge in [0, 0.05) is 12.6 Å². The lowest BCUT2D eigenvalue weighted by Gasteiger charge is -2.24. The molecule has 1 aromatic carbocycles. The van der Waals surface area contributed by atoms with Crippen molar-refractivity contribution >= 4 is 11.4 Å². The van der Waals surface area contributed by atoms with Gasteiger partial charge in [-0.05, 0) is 18.3 Å². The second-order valence-corrected chi connectivity index (χ2v) is 5.85. The fourth-order valence-electron chi connectivity index (χ4n) is 2.87. The van der Waals surface area contributed by atoms with Crippen LogP contribution >= 0.6 is 0 Å². The molecule has 0 atom stereocenters. The molecule has 0 radical (unpaired) electrons. The van der Waals surface area contributed by atoms with Crippen LogP contribution in [0.1, 0.15) is 32.6 Å². The van der Waals surface area contributed by atoms with E-state index in [1.165, 1.54) is 33.1 Å². The van der Waals surface area contributed by atoms with Crippen molar-refractivity contribution in [3.63, 3.8) is 0 Å². The Labute approximate surface area is 124 Å². The van der Waals surface area contributed by atoms with Gasteiger partial charge < -0.3 is 14.8 Å². The van der Waals surface area contributed by atoms with Crippen LogP contribution in [-0.2, 0) is 0 Å². The molecule has 0 heterocycles. The lowest BCUT2D eigenvalue weighted by Crippen LogP contribution is -2.23. The van der Waals surface area contributed by atoms with Crippen LogP contribution in [0.25, 0.3) is 0 Å². The second kappa shape index (κ2) is 6.20. The highest BCUT2D eigenvalue weighted by molar-refractivity contribution is 5.68. The molecule has 2 rings (SSSR count). The standard InChI is InChI=1S/C15H22N2O4/c1-15(6-4-5-7-15)10-16-11-8-13(20-2)14(21-3)9-12(11)17(18)19/h8-9,16H,4-7,10H2,1-3H3. The van der Waals surface area contributed by atoms with Gasteiger partial charge in [0.2, 0.25) is 0 Å². The first-order valence-electron chi connectivity index (χ1n) is 7.13. The van der Waals surface area contributed by atoms with Crippen LogP contribution in [-0.4, -0.2) is 25.7 Å². The van der Waals surface area contributed by atoms with E-state index in [4.69, 9.17) is 9.47 Å². The molecule has 0 spiro atoms. The van der Waals surface area contributed by atoms with E-state index in [1.54, 1.807) is 6.07 Å². The van der Waals surface area contributed by atoms with E-state index < -0.39 is 4.92 Å². The van der Waals surface area contributed by atoms with Crippen LogP contribution in [0.5, 0.6) is 11.5 Å². The minimum atomic E-state index is -0.402. The van der Waals surface area contributed by atoms with E-state index in [-0.39, 0.29) is 11.1 Å². The normalized spacial score (nSPS) is 16.5. The first-order chi connectivity index (χ1) is 9.99. The van der Waals surface area contributed by atoms with Gasteiger partial charge in [-0.3, -0.25) is 10.1 Å². The summed E-state index contributed by atoms with van der Waals surface area (Å²) in [6.45, 7) is 2.95. The molecule has 0 amide bonds. The Morgan fingerprint density at radius 1 is 1.24 bits per heavy atom. The third kappa shape index (κ3) is 3.37. The lowest BCUT2D eigenvalue weighted by molar-refractivity contribution is -0.384. The van der Waals surface area contributed by atoms with Gasteiger partial charge in [0.15, 0.2) is 11.5 Å². The molecule has 1 aliphatic rings. The summed E-state index contributed by atoms with van der Waals surface area (Å²) in [5, 5.41) is 14.5. The smallest absolute Gasteiger partial charge is 0.296 e. The minimum absolute atomic E-state index is 0.00856. The fourth-order valence-corrected chi connectivity index (χ4v) is 2.87. The van der Waals surface area contributed by atoms with Crippen molar-refractivity contribution in [3.05, 3.63) is 22.2 Å². The van der Waals surface area contributed by atoms with Crippen LogP contribution in [0.2, 0.25) is 0 Å². The maximum Gasteiger partial charge on any atom is 0.296 e. The van der Waals surface area contributed by atoms with Gasteiger partial charge in [0.25, 0.3) is 5.69 Å². The summed E-state index contributed by atoms with van der Waals surface area (Å²) >= 11 is 0. The van der Waals surface area contributed by atoms with E-state index in [1.807, 2.05) is 0 Å². The number of nitrogens with one attached hydrogen (secondary N) is 1. The van der Waals surface area contributed by atoms with Crippen molar-refractivity contribution in [2.24, 2.45) is 5.41 Å².